The van der Waals surface area contributed by atoms with Gasteiger partial charge in [0.25, 0.3) is 0 Å². The van der Waals surface area contributed by atoms with Crippen LogP contribution < -0.4 is 0 Å². The van der Waals surface area contributed by atoms with Gasteiger partial charge in [0.1, 0.15) is 0 Å². The zero-order valence-electron chi connectivity index (χ0n) is 6.69. The molecule has 0 atom stereocenters. The first kappa shape index (κ1) is 10.9. The molecule has 0 aromatic heterocycles. The van der Waals surface area contributed by atoms with Crippen molar-refractivity contribution in [1.29, 1.82) is 0 Å². The molecule has 0 aliphatic rings. The van der Waals surface area contributed by atoms with Crippen molar-refractivity contribution in [3.63, 3.8) is 0 Å². The Hall–Kier alpha value is -0.0400. The monoisotopic (exact) mass is 118 g/mol. The van der Waals surface area contributed by atoms with Gasteiger partial charge in [0.15, 0.2) is 0 Å². The highest BCUT2D eigenvalue weighted by atomic mass is 16.5. The van der Waals surface area contributed by atoms with Crippen LogP contribution in [0.2, 0.25) is 0 Å². The minimum absolute atomic E-state index is 0.398. The van der Waals surface area contributed by atoms with Crippen LogP contribution in [-0.4, -0.2) is 12.7 Å². The summed E-state index contributed by atoms with van der Waals surface area (Å²) < 4.78 is 5.04. The molecule has 1 heteroatoms. The number of hydrogen-bond donors (Lipinski definition) is 0. The molecule has 0 heterocycles. The second-order valence-corrected chi connectivity index (χ2v) is 1.50. The van der Waals surface area contributed by atoms with Crippen LogP contribution in [0.4, 0.5) is 0 Å². The molecule has 8 heavy (non-hydrogen) atoms. The van der Waals surface area contributed by atoms with Crippen LogP contribution in [0.25, 0.3) is 0 Å². The van der Waals surface area contributed by atoms with E-state index in [4.69, 9.17) is 4.74 Å². The fraction of sp³-hybridized carbons (Fsp3) is 1.00. The van der Waals surface area contributed by atoms with Crippen molar-refractivity contribution in [3.05, 3.63) is 0 Å². The van der Waals surface area contributed by atoms with E-state index in [9.17, 15) is 0 Å². The minimum atomic E-state index is 0.398. The summed E-state index contributed by atoms with van der Waals surface area (Å²) in [5.41, 5.74) is 0. The Balaban J connectivity index is 0. The third-order valence-electron chi connectivity index (χ3n) is 0.500. The molecule has 0 bridgehead atoms. The second kappa shape index (κ2) is 10.0. The zero-order valence-corrected chi connectivity index (χ0v) is 6.69. The fourth-order valence-corrected chi connectivity index (χ4v) is 0.333. The zero-order chi connectivity index (χ0) is 6.99. The molecular weight excluding hydrogens is 100 g/mol. The van der Waals surface area contributed by atoms with Crippen molar-refractivity contribution in [2.75, 3.05) is 6.61 Å². The quantitative estimate of drug-likeness (QED) is 0.541. The third-order valence-corrected chi connectivity index (χ3v) is 0.500. The standard InChI is InChI=1S/C5H12O.C2H6/c1-4-6-5(2)3;1-2/h5H,4H2,1-3H3;1-2H3. The van der Waals surface area contributed by atoms with E-state index in [-0.39, 0.29) is 0 Å². The lowest BCUT2D eigenvalue weighted by molar-refractivity contribution is 0.0899. The van der Waals surface area contributed by atoms with Gasteiger partial charge in [-0.1, -0.05) is 13.8 Å². The van der Waals surface area contributed by atoms with Crippen LogP contribution in [-0.2, 0) is 4.74 Å². The molecule has 0 saturated heterocycles. The highest BCUT2D eigenvalue weighted by Gasteiger charge is 1.83. The Morgan fingerprint density at radius 1 is 1.25 bits per heavy atom. The van der Waals surface area contributed by atoms with Crippen molar-refractivity contribution in [1.82, 2.24) is 0 Å². The summed E-state index contributed by atoms with van der Waals surface area (Å²) in [5, 5.41) is 0. The molecule has 0 aliphatic carbocycles. The average molecular weight is 118 g/mol. The summed E-state index contributed by atoms with van der Waals surface area (Å²) in [5.74, 6) is 0. The van der Waals surface area contributed by atoms with Gasteiger partial charge in [0.05, 0.1) is 6.10 Å². The van der Waals surface area contributed by atoms with Gasteiger partial charge in [0.2, 0.25) is 0 Å². The van der Waals surface area contributed by atoms with Crippen LogP contribution in [0.15, 0.2) is 0 Å². The average Bonchev–Trinajstić information content (AvgIpc) is 1.72. The van der Waals surface area contributed by atoms with Gasteiger partial charge in [-0.3, -0.25) is 0 Å². The molecule has 0 fully saturated rings. The Morgan fingerprint density at radius 2 is 1.62 bits per heavy atom. The van der Waals surface area contributed by atoms with Crippen LogP contribution in [0.5, 0.6) is 0 Å². The highest BCUT2D eigenvalue weighted by Crippen LogP contribution is 1.83. The molecule has 0 amide bonds. The Bertz CT molecular complexity index is 25.6. The topological polar surface area (TPSA) is 9.23 Å². The highest BCUT2D eigenvalue weighted by molar-refractivity contribution is 4.30. The van der Waals surface area contributed by atoms with E-state index >= 15 is 0 Å². The molecule has 0 spiro atoms. The molecule has 0 rings (SSSR count). The summed E-state index contributed by atoms with van der Waals surface area (Å²) in [4.78, 5) is 0. The number of hydrogen-bond acceptors (Lipinski definition) is 1. The summed E-state index contributed by atoms with van der Waals surface area (Å²) >= 11 is 0. The summed E-state index contributed by atoms with van der Waals surface area (Å²) in [6, 6.07) is 0. The minimum Gasteiger partial charge on any atom is -0.379 e. The maximum atomic E-state index is 5.04. The van der Waals surface area contributed by atoms with Crippen molar-refractivity contribution in [2.24, 2.45) is 0 Å². The molecule has 0 aliphatic heterocycles. The predicted molar refractivity (Wildman–Crippen MR) is 38.1 cm³/mol. The third kappa shape index (κ3) is 16.7. The van der Waals surface area contributed by atoms with Crippen LogP contribution in [0.1, 0.15) is 34.6 Å². The second-order valence-electron chi connectivity index (χ2n) is 1.50. The molecule has 52 valence electrons. The van der Waals surface area contributed by atoms with E-state index in [0.29, 0.717) is 6.10 Å². The molecule has 1 nitrogen and oxygen atoms in total. The largest absolute Gasteiger partial charge is 0.379 e. The summed E-state index contributed by atoms with van der Waals surface area (Å²) in [6.45, 7) is 10.9. The molecule has 0 aromatic rings. The Labute approximate surface area is 53.0 Å². The van der Waals surface area contributed by atoms with E-state index in [1.807, 2.05) is 34.6 Å². The van der Waals surface area contributed by atoms with Gasteiger partial charge in [0, 0.05) is 6.61 Å². The van der Waals surface area contributed by atoms with Crippen molar-refractivity contribution in [2.45, 2.75) is 40.7 Å². The van der Waals surface area contributed by atoms with Crippen LogP contribution >= 0.6 is 0 Å². The Morgan fingerprint density at radius 3 is 1.62 bits per heavy atom. The lowest BCUT2D eigenvalue weighted by Crippen LogP contribution is -1.99. The van der Waals surface area contributed by atoms with E-state index < -0.39 is 0 Å². The van der Waals surface area contributed by atoms with E-state index in [1.54, 1.807) is 0 Å². The molecule has 0 N–H and O–H groups in total. The number of rotatable bonds is 2. The normalized spacial score (nSPS) is 8.25. The Kier molecular flexibility index (Phi) is 13.6. The first-order chi connectivity index (χ1) is 3.77. The van der Waals surface area contributed by atoms with Gasteiger partial charge in [-0.25, -0.2) is 0 Å². The molecule has 0 unspecified atom stereocenters. The van der Waals surface area contributed by atoms with E-state index in [2.05, 4.69) is 0 Å². The maximum absolute atomic E-state index is 5.04. The molecular formula is C7H18O. The lowest BCUT2D eigenvalue weighted by atomic mass is 10.5. The van der Waals surface area contributed by atoms with Gasteiger partial charge >= 0.3 is 0 Å². The SMILES string of the molecule is CC.CCOC(C)C. The summed E-state index contributed by atoms with van der Waals surface area (Å²) in [7, 11) is 0. The van der Waals surface area contributed by atoms with Crippen molar-refractivity contribution in [3.8, 4) is 0 Å². The van der Waals surface area contributed by atoms with Crippen molar-refractivity contribution >= 4 is 0 Å². The molecule has 0 aromatic carbocycles. The van der Waals surface area contributed by atoms with Gasteiger partial charge in [-0.2, -0.15) is 0 Å². The van der Waals surface area contributed by atoms with Crippen molar-refractivity contribution < 1.29 is 4.74 Å². The van der Waals surface area contributed by atoms with Crippen LogP contribution in [0.3, 0.4) is 0 Å². The van der Waals surface area contributed by atoms with Gasteiger partial charge in [-0.05, 0) is 20.8 Å². The van der Waals surface area contributed by atoms with Crippen LogP contribution in [0, 0.1) is 0 Å². The maximum Gasteiger partial charge on any atom is 0.0518 e. The van der Waals surface area contributed by atoms with Gasteiger partial charge < -0.3 is 4.74 Å². The summed E-state index contributed by atoms with van der Waals surface area (Å²) in [6.07, 6.45) is 0.398. The van der Waals surface area contributed by atoms with E-state index in [0.717, 1.165) is 6.61 Å². The molecule has 0 radical (unpaired) electrons. The molecule has 0 saturated carbocycles. The fourth-order valence-electron chi connectivity index (χ4n) is 0.333. The predicted octanol–water partition coefficient (Wildman–Crippen LogP) is 2.46. The first-order valence-corrected chi connectivity index (χ1v) is 3.39. The van der Waals surface area contributed by atoms with E-state index in [1.165, 1.54) is 0 Å². The lowest BCUT2D eigenvalue weighted by Gasteiger charge is -2.00. The smallest absolute Gasteiger partial charge is 0.0518 e. The first-order valence-electron chi connectivity index (χ1n) is 3.39. The van der Waals surface area contributed by atoms with Gasteiger partial charge in [-0.15, -0.1) is 0 Å². The number of ether oxygens (including phenoxy) is 1.